The zero-order valence-electron chi connectivity index (χ0n) is 12.6. The number of benzene rings is 1. The highest BCUT2D eigenvalue weighted by atomic mass is 16.1. The quantitative estimate of drug-likeness (QED) is 0.910. The molecule has 0 aliphatic rings. The molecule has 0 aliphatic heterocycles. The second-order valence-electron chi connectivity index (χ2n) is 5.33. The van der Waals surface area contributed by atoms with E-state index in [1.807, 2.05) is 44.3 Å². The van der Waals surface area contributed by atoms with Crippen molar-refractivity contribution in [3.8, 4) is 0 Å². The van der Waals surface area contributed by atoms with Gasteiger partial charge in [-0.05, 0) is 38.0 Å². The molecular weight excluding hydrogens is 248 g/mol. The summed E-state index contributed by atoms with van der Waals surface area (Å²) in [6.07, 6.45) is 0.435. The van der Waals surface area contributed by atoms with Gasteiger partial charge in [-0.25, -0.2) is 0 Å². The highest BCUT2D eigenvalue weighted by molar-refractivity contribution is 5.79. The number of nitrogens with one attached hydrogen (secondary N) is 1. The van der Waals surface area contributed by atoms with Crippen molar-refractivity contribution in [3.63, 3.8) is 0 Å². The lowest BCUT2D eigenvalue weighted by Gasteiger charge is -2.14. The van der Waals surface area contributed by atoms with Crippen LogP contribution in [0, 0.1) is 13.8 Å². The number of amides is 1. The van der Waals surface area contributed by atoms with Gasteiger partial charge in [-0.2, -0.15) is 0 Å². The predicted molar refractivity (Wildman–Crippen MR) is 81.6 cm³/mol. The molecule has 0 saturated heterocycles. The van der Waals surface area contributed by atoms with E-state index >= 15 is 0 Å². The van der Waals surface area contributed by atoms with Crippen LogP contribution in [0.25, 0.3) is 0 Å². The maximum atomic E-state index is 12.1. The van der Waals surface area contributed by atoms with E-state index < -0.39 is 0 Å². The van der Waals surface area contributed by atoms with Gasteiger partial charge in [0.1, 0.15) is 0 Å². The van der Waals surface area contributed by atoms with Crippen LogP contribution in [0.1, 0.15) is 35.5 Å². The second-order valence-corrected chi connectivity index (χ2v) is 5.33. The van der Waals surface area contributed by atoms with Gasteiger partial charge in [0.15, 0.2) is 0 Å². The van der Waals surface area contributed by atoms with Crippen molar-refractivity contribution in [2.24, 2.45) is 7.05 Å². The Hall–Kier alpha value is -2.03. The number of aromatic nitrogens is 1. The first-order valence-corrected chi connectivity index (χ1v) is 6.95. The van der Waals surface area contributed by atoms with Crippen molar-refractivity contribution >= 4 is 5.91 Å². The molecule has 1 amide bonds. The van der Waals surface area contributed by atoms with Crippen molar-refractivity contribution in [1.29, 1.82) is 0 Å². The molecule has 0 fully saturated rings. The van der Waals surface area contributed by atoms with Crippen LogP contribution in [0.5, 0.6) is 0 Å². The van der Waals surface area contributed by atoms with E-state index in [1.54, 1.807) is 0 Å². The summed E-state index contributed by atoms with van der Waals surface area (Å²) in [5.74, 6) is 0.0649. The fourth-order valence-corrected chi connectivity index (χ4v) is 2.40. The second kappa shape index (κ2) is 5.95. The smallest absolute Gasteiger partial charge is 0.224 e. The van der Waals surface area contributed by atoms with E-state index in [2.05, 4.69) is 29.8 Å². The maximum absolute atomic E-state index is 12.1. The summed E-state index contributed by atoms with van der Waals surface area (Å²) in [4.78, 5) is 12.1. The lowest BCUT2D eigenvalue weighted by Crippen LogP contribution is -2.28. The number of nitrogens with zero attached hydrogens (tertiary/aromatic N) is 1. The average molecular weight is 270 g/mol. The Morgan fingerprint density at radius 2 is 1.90 bits per heavy atom. The minimum absolute atomic E-state index is 0.0359. The van der Waals surface area contributed by atoms with E-state index in [4.69, 9.17) is 0 Å². The van der Waals surface area contributed by atoms with Gasteiger partial charge in [0.2, 0.25) is 5.91 Å². The Balaban J connectivity index is 2.01. The molecule has 1 aromatic carbocycles. The number of carbonyl (C=O) groups excluding carboxylic acids is 1. The molecule has 2 rings (SSSR count). The molecule has 0 saturated carbocycles. The van der Waals surface area contributed by atoms with Crippen LogP contribution in [0.4, 0.5) is 0 Å². The summed E-state index contributed by atoms with van der Waals surface area (Å²) in [6.45, 7) is 6.12. The number of hydrogen-bond donors (Lipinski definition) is 1. The SMILES string of the molecule is Cc1cc(CC(=O)NC(C)c2ccccc2)c(C)n1C. The van der Waals surface area contributed by atoms with Gasteiger partial charge >= 0.3 is 0 Å². The van der Waals surface area contributed by atoms with E-state index in [0.29, 0.717) is 6.42 Å². The molecule has 0 bridgehead atoms. The third-order valence-electron chi connectivity index (χ3n) is 3.91. The van der Waals surface area contributed by atoms with Gasteiger partial charge in [0.25, 0.3) is 0 Å². The summed E-state index contributed by atoms with van der Waals surface area (Å²) < 4.78 is 2.11. The molecule has 1 unspecified atom stereocenters. The van der Waals surface area contributed by atoms with Crippen molar-refractivity contribution in [2.75, 3.05) is 0 Å². The molecular formula is C17H22N2O. The lowest BCUT2D eigenvalue weighted by atomic mass is 10.1. The van der Waals surface area contributed by atoms with Crippen molar-refractivity contribution in [3.05, 3.63) is 58.9 Å². The molecule has 1 atom stereocenters. The van der Waals surface area contributed by atoms with Crippen molar-refractivity contribution < 1.29 is 4.79 Å². The minimum Gasteiger partial charge on any atom is -0.352 e. The molecule has 1 aromatic heterocycles. The molecule has 1 heterocycles. The van der Waals surface area contributed by atoms with Crippen LogP contribution >= 0.6 is 0 Å². The predicted octanol–water partition coefficient (Wildman–Crippen LogP) is 3.06. The van der Waals surface area contributed by atoms with Gasteiger partial charge in [-0.3, -0.25) is 4.79 Å². The van der Waals surface area contributed by atoms with E-state index in [-0.39, 0.29) is 11.9 Å². The normalized spacial score (nSPS) is 12.2. The summed E-state index contributed by atoms with van der Waals surface area (Å²) in [5, 5.41) is 3.05. The van der Waals surface area contributed by atoms with Gasteiger partial charge < -0.3 is 9.88 Å². The summed E-state index contributed by atoms with van der Waals surface area (Å²) >= 11 is 0. The first-order chi connectivity index (χ1) is 9.49. The number of hydrogen-bond acceptors (Lipinski definition) is 1. The fraction of sp³-hybridized carbons (Fsp3) is 0.353. The monoisotopic (exact) mass is 270 g/mol. The highest BCUT2D eigenvalue weighted by Gasteiger charge is 2.13. The first kappa shape index (κ1) is 14.4. The standard InChI is InChI=1S/C17H22N2O/c1-12-10-16(14(3)19(12)4)11-17(20)18-13(2)15-8-6-5-7-9-15/h5-10,13H,11H2,1-4H3,(H,18,20). The maximum Gasteiger partial charge on any atom is 0.224 e. The molecule has 2 aromatic rings. The number of carbonyl (C=O) groups is 1. The summed E-state index contributed by atoms with van der Waals surface area (Å²) in [7, 11) is 2.03. The van der Waals surface area contributed by atoms with Crippen LogP contribution in [0.15, 0.2) is 36.4 Å². The van der Waals surface area contributed by atoms with E-state index in [0.717, 1.165) is 16.8 Å². The largest absolute Gasteiger partial charge is 0.352 e. The molecule has 0 aliphatic carbocycles. The lowest BCUT2D eigenvalue weighted by molar-refractivity contribution is -0.121. The Morgan fingerprint density at radius 1 is 1.25 bits per heavy atom. The zero-order chi connectivity index (χ0) is 14.7. The molecule has 20 heavy (non-hydrogen) atoms. The number of rotatable bonds is 4. The van der Waals surface area contributed by atoms with Crippen LogP contribution in [-0.4, -0.2) is 10.5 Å². The molecule has 3 nitrogen and oxygen atoms in total. The Bertz CT molecular complexity index is 599. The van der Waals surface area contributed by atoms with Gasteiger partial charge in [0.05, 0.1) is 12.5 Å². The summed E-state index contributed by atoms with van der Waals surface area (Å²) in [6, 6.07) is 12.1. The Kier molecular flexibility index (Phi) is 4.28. The molecule has 1 N–H and O–H groups in total. The summed E-state index contributed by atoms with van der Waals surface area (Å²) in [5.41, 5.74) is 4.57. The van der Waals surface area contributed by atoms with Crippen LogP contribution in [0.3, 0.4) is 0 Å². The van der Waals surface area contributed by atoms with E-state index in [1.165, 1.54) is 5.69 Å². The van der Waals surface area contributed by atoms with Crippen LogP contribution < -0.4 is 5.32 Å². The van der Waals surface area contributed by atoms with Gasteiger partial charge in [-0.15, -0.1) is 0 Å². The fourth-order valence-electron chi connectivity index (χ4n) is 2.40. The molecule has 0 spiro atoms. The van der Waals surface area contributed by atoms with Crippen molar-refractivity contribution in [1.82, 2.24) is 9.88 Å². The third kappa shape index (κ3) is 3.10. The van der Waals surface area contributed by atoms with Crippen LogP contribution in [0.2, 0.25) is 0 Å². The first-order valence-electron chi connectivity index (χ1n) is 6.95. The topological polar surface area (TPSA) is 34.0 Å². The van der Waals surface area contributed by atoms with E-state index in [9.17, 15) is 4.79 Å². The van der Waals surface area contributed by atoms with Gasteiger partial charge in [-0.1, -0.05) is 30.3 Å². The Labute approximate surface area is 120 Å². The van der Waals surface area contributed by atoms with Crippen LogP contribution in [-0.2, 0) is 18.3 Å². The molecule has 0 radical (unpaired) electrons. The minimum atomic E-state index is 0.0359. The highest BCUT2D eigenvalue weighted by Crippen LogP contribution is 2.15. The van der Waals surface area contributed by atoms with Crippen molar-refractivity contribution in [2.45, 2.75) is 33.2 Å². The molecule has 106 valence electrons. The average Bonchev–Trinajstić information content (AvgIpc) is 2.67. The Morgan fingerprint density at radius 3 is 2.45 bits per heavy atom. The van der Waals surface area contributed by atoms with Gasteiger partial charge in [0, 0.05) is 18.4 Å². The zero-order valence-corrected chi connectivity index (χ0v) is 12.6. The molecule has 3 heteroatoms. The number of aryl methyl sites for hydroxylation is 1. The third-order valence-corrected chi connectivity index (χ3v) is 3.91.